The SMILES string of the molecule is CO[C@@H]1O[C@@H]2CO[C@H](c3ccccc3)O[C@@H]2[C@@H]2OCCOCCOc3ccccc3OCCOCCO[C@@H]12. The summed E-state index contributed by atoms with van der Waals surface area (Å²) in [5, 5.41) is 0. The molecular formula is C28H36O10. The summed E-state index contributed by atoms with van der Waals surface area (Å²) >= 11 is 0. The second-order valence-corrected chi connectivity index (χ2v) is 8.99. The van der Waals surface area contributed by atoms with Crippen molar-refractivity contribution in [2.24, 2.45) is 0 Å². The normalized spacial score (nSPS) is 31.7. The summed E-state index contributed by atoms with van der Waals surface area (Å²) in [6.45, 7) is 3.32. The van der Waals surface area contributed by atoms with E-state index in [0.717, 1.165) is 5.56 Å². The van der Waals surface area contributed by atoms with Gasteiger partial charge in [0.2, 0.25) is 0 Å². The van der Waals surface area contributed by atoms with Gasteiger partial charge in [0.05, 0.1) is 46.2 Å². The number of fused-ring (bicyclic) bond motifs is 4. The number of hydrogen-bond donors (Lipinski definition) is 0. The summed E-state index contributed by atoms with van der Waals surface area (Å²) in [4.78, 5) is 0. The first-order chi connectivity index (χ1) is 18.8. The third kappa shape index (κ3) is 7.02. The zero-order chi connectivity index (χ0) is 26.0. The summed E-state index contributed by atoms with van der Waals surface area (Å²) in [7, 11) is 1.59. The molecule has 2 saturated heterocycles. The Kier molecular flexibility index (Phi) is 10.2. The van der Waals surface area contributed by atoms with Crippen molar-refractivity contribution in [3.8, 4) is 11.5 Å². The van der Waals surface area contributed by atoms with Crippen molar-refractivity contribution in [2.45, 2.75) is 37.0 Å². The van der Waals surface area contributed by atoms with Crippen LogP contribution in [0.3, 0.4) is 0 Å². The molecule has 0 amide bonds. The minimum Gasteiger partial charge on any atom is -0.487 e. The molecule has 10 heteroatoms. The minimum absolute atomic E-state index is 0.319. The number of rotatable bonds is 2. The molecule has 2 fully saturated rings. The second kappa shape index (κ2) is 14.2. The van der Waals surface area contributed by atoms with E-state index in [1.807, 2.05) is 54.6 Å². The molecule has 0 aliphatic carbocycles. The van der Waals surface area contributed by atoms with Crippen LogP contribution in [0.25, 0.3) is 0 Å². The van der Waals surface area contributed by atoms with Crippen molar-refractivity contribution in [2.75, 3.05) is 66.6 Å². The standard InChI is InChI=1S/C28H36O10/c1-29-28-26-25(24-23(37-28)19-36-27(38-24)20-7-3-2-4-8-20)34-17-13-30-11-15-32-21-9-5-6-10-22(21)33-16-12-31-14-18-35-26/h2-10,23-28H,11-19H2,1H3/t23-,24+,25+,26-,27+,28-/m1/s1. The molecule has 0 radical (unpaired) electrons. The van der Waals surface area contributed by atoms with E-state index in [1.165, 1.54) is 0 Å². The molecule has 38 heavy (non-hydrogen) atoms. The lowest BCUT2D eigenvalue weighted by Gasteiger charge is -2.48. The minimum atomic E-state index is -0.651. The summed E-state index contributed by atoms with van der Waals surface area (Å²) in [5.41, 5.74) is 0.929. The molecule has 0 saturated carbocycles. The lowest BCUT2D eigenvalue weighted by atomic mass is 9.97. The van der Waals surface area contributed by atoms with Crippen molar-refractivity contribution in [3.63, 3.8) is 0 Å². The largest absolute Gasteiger partial charge is 0.487 e. The van der Waals surface area contributed by atoms with Crippen LogP contribution in [0.1, 0.15) is 11.9 Å². The smallest absolute Gasteiger partial charge is 0.186 e. The van der Waals surface area contributed by atoms with Crippen LogP contribution in [0.15, 0.2) is 54.6 Å². The summed E-state index contributed by atoms with van der Waals surface area (Å²) in [5.74, 6) is 1.34. The highest BCUT2D eigenvalue weighted by Crippen LogP contribution is 2.36. The quantitative estimate of drug-likeness (QED) is 0.575. The van der Waals surface area contributed by atoms with Gasteiger partial charge in [-0.2, -0.15) is 0 Å². The van der Waals surface area contributed by atoms with Crippen LogP contribution in [0.2, 0.25) is 0 Å². The van der Waals surface area contributed by atoms with E-state index < -0.39 is 30.9 Å². The van der Waals surface area contributed by atoms with Crippen LogP contribution in [0, 0.1) is 0 Å². The molecule has 0 unspecified atom stereocenters. The lowest BCUT2D eigenvalue weighted by molar-refractivity contribution is -0.368. The first kappa shape index (κ1) is 27.3. The van der Waals surface area contributed by atoms with Gasteiger partial charge >= 0.3 is 0 Å². The van der Waals surface area contributed by atoms with Gasteiger partial charge in [-0.25, -0.2) is 0 Å². The Balaban J connectivity index is 1.26. The molecule has 10 nitrogen and oxygen atoms in total. The Morgan fingerprint density at radius 2 is 1.21 bits per heavy atom. The Labute approximate surface area is 222 Å². The van der Waals surface area contributed by atoms with E-state index in [9.17, 15) is 0 Å². The molecule has 2 aromatic rings. The monoisotopic (exact) mass is 532 g/mol. The molecule has 0 spiro atoms. The first-order valence-electron chi connectivity index (χ1n) is 13.1. The van der Waals surface area contributed by atoms with E-state index in [2.05, 4.69) is 0 Å². The highest BCUT2D eigenvalue weighted by molar-refractivity contribution is 5.39. The molecule has 5 rings (SSSR count). The molecule has 3 heterocycles. The maximum absolute atomic E-state index is 6.39. The highest BCUT2D eigenvalue weighted by atomic mass is 16.8. The van der Waals surface area contributed by atoms with Gasteiger partial charge in [-0.05, 0) is 12.1 Å². The van der Waals surface area contributed by atoms with Gasteiger partial charge in [0, 0.05) is 12.7 Å². The molecule has 3 aliphatic heterocycles. The van der Waals surface area contributed by atoms with Crippen molar-refractivity contribution in [3.05, 3.63) is 60.2 Å². The zero-order valence-electron chi connectivity index (χ0n) is 21.6. The second-order valence-electron chi connectivity index (χ2n) is 8.99. The molecule has 208 valence electrons. The molecule has 6 atom stereocenters. The van der Waals surface area contributed by atoms with E-state index in [1.54, 1.807) is 7.11 Å². The van der Waals surface area contributed by atoms with Crippen molar-refractivity contribution in [1.29, 1.82) is 0 Å². The van der Waals surface area contributed by atoms with Crippen LogP contribution in [0.5, 0.6) is 11.5 Å². The number of para-hydroxylation sites is 2. The average molecular weight is 533 g/mol. The molecular weight excluding hydrogens is 496 g/mol. The Bertz CT molecular complexity index is 960. The Hall–Kier alpha value is -2.28. The van der Waals surface area contributed by atoms with E-state index >= 15 is 0 Å². The van der Waals surface area contributed by atoms with Crippen LogP contribution >= 0.6 is 0 Å². The average Bonchev–Trinajstić information content (AvgIpc) is 2.96. The predicted molar refractivity (Wildman–Crippen MR) is 134 cm³/mol. The van der Waals surface area contributed by atoms with Gasteiger partial charge in [0.25, 0.3) is 0 Å². The van der Waals surface area contributed by atoms with Gasteiger partial charge in [-0.15, -0.1) is 0 Å². The number of benzene rings is 2. The van der Waals surface area contributed by atoms with Gasteiger partial charge in [0.15, 0.2) is 24.1 Å². The summed E-state index contributed by atoms with van der Waals surface area (Å²) < 4.78 is 60.0. The fraction of sp³-hybridized carbons (Fsp3) is 0.571. The topological polar surface area (TPSA) is 92.3 Å². The third-order valence-electron chi connectivity index (χ3n) is 6.48. The van der Waals surface area contributed by atoms with E-state index in [0.29, 0.717) is 71.0 Å². The van der Waals surface area contributed by atoms with Crippen molar-refractivity contribution in [1.82, 2.24) is 0 Å². The lowest BCUT2D eigenvalue weighted by Crippen LogP contribution is -2.63. The predicted octanol–water partition coefficient (Wildman–Crippen LogP) is 2.75. The number of ether oxygens (including phenoxy) is 10. The maximum Gasteiger partial charge on any atom is 0.186 e. The first-order valence-corrected chi connectivity index (χ1v) is 13.1. The van der Waals surface area contributed by atoms with E-state index in [4.69, 9.17) is 47.4 Å². The highest BCUT2D eigenvalue weighted by Gasteiger charge is 2.51. The van der Waals surface area contributed by atoms with Crippen LogP contribution < -0.4 is 9.47 Å². The Morgan fingerprint density at radius 3 is 1.87 bits per heavy atom. The fourth-order valence-corrected chi connectivity index (χ4v) is 4.68. The van der Waals surface area contributed by atoms with E-state index in [-0.39, 0.29) is 6.10 Å². The van der Waals surface area contributed by atoms with Gasteiger partial charge < -0.3 is 47.4 Å². The molecule has 2 aromatic carbocycles. The summed E-state index contributed by atoms with van der Waals surface area (Å²) in [6.07, 6.45) is -2.98. The van der Waals surface area contributed by atoms with Crippen LogP contribution in [0.4, 0.5) is 0 Å². The fourth-order valence-electron chi connectivity index (χ4n) is 4.68. The zero-order valence-corrected chi connectivity index (χ0v) is 21.6. The third-order valence-corrected chi connectivity index (χ3v) is 6.48. The van der Waals surface area contributed by atoms with Crippen molar-refractivity contribution >= 4 is 0 Å². The van der Waals surface area contributed by atoms with Gasteiger partial charge in [0.1, 0.15) is 37.6 Å². The molecule has 3 aliphatic rings. The van der Waals surface area contributed by atoms with Crippen molar-refractivity contribution < 1.29 is 47.4 Å². The molecule has 0 bridgehead atoms. The van der Waals surface area contributed by atoms with Gasteiger partial charge in [-0.1, -0.05) is 42.5 Å². The van der Waals surface area contributed by atoms with Crippen LogP contribution in [-0.2, 0) is 37.9 Å². The van der Waals surface area contributed by atoms with Gasteiger partial charge in [-0.3, -0.25) is 0 Å². The molecule has 0 N–H and O–H groups in total. The summed E-state index contributed by atoms with van der Waals surface area (Å²) in [6, 6.07) is 17.4. The number of hydrogen-bond acceptors (Lipinski definition) is 10. The maximum atomic E-state index is 6.39. The Morgan fingerprint density at radius 1 is 0.605 bits per heavy atom. The molecule has 0 aromatic heterocycles. The number of methoxy groups -OCH3 is 1. The van der Waals surface area contributed by atoms with Crippen LogP contribution in [-0.4, -0.2) is 97.3 Å².